The molecule has 4 amide bonds. The van der Waals surface area contributed by atoms with Crippen molar-refractivity contribution in [1.82, 2.24) is 26.3 Å². The molecule has 1 saturated carbocycles. The molecule has 1 aromatic carbocycles. The molecule has 0 aromatic heterocycles. The Morgan fingerprint density at radius 2 is 1.80 bits per heavy atom. The van der Waals surface area contributed by atoms with E-state index in [1.165, 1.54) is 12.0 Å². The van der Waals surface area contributed by atoms with Crippen LogP contribution in [0.1, 0.15) is 71.8 Å². The van der Waals surface area contributed by atoms with Crippen molar-refractivity contribution < 1.29 is 47.8 Å². The number of hydroxylamine groups is 1. The summed E-state index contributed by atoms with van der Waals surface area (Å²) in [5.74, 6) is -1.58. The lowest BCUT2D eigenvalue weighted by atomic mass is 9.85. The van der Waals surface area contributed by atoms with Gasteiger partial charge in [-0.15, -0.1) is 0 Å². The normalized spacial score (nSPS) is 24.1. The fourth-order valence-electron chi connectivity index (χ4n) is 6.36. The van der Waals surface area contributed by atoms with Gasteiger partial charge in [0.25, 0.3) is 5.91 Å². The SMILES string of the molecule is CCC[C@H](NC(=O)[C@@H]1C[C@]2(C=C(c3ccc(OC)c(OC)c3)NO2)CN1C(=O)[C@@H](NC(=O)O[C@H]1CCOC1)C(C)(C)C)C(=O)C(=O)NC1CC1. The van der Waals surface area contributed by atoms with Gasteiger partial charge in [-0.3, -0.25) is 29.5 Å². The largest absolute Gasteiger partial charge is 0.493 e. The van der Waals surface area contributed by atoms with Gasteiger partial charge >= 0.3 is 6.09 Å². The minimum Gasteiger partial charge on any atom is -0.493 e. The van der Waals surface area contributed by atoms with E-state index in [1.54, 1.807) is 40.0 Å². The maximum atomic E-state index is 14.5. The number of carbonyl (C=O) groups excluding carboxylic acids is 5. The number of likely N-dealkylation sites (tertiary alicyclic amines) is 1. The summed E-state index contributed by atoms with van der Waals surface area (Å²) < 4.78 is 21.7. The average molecular weight is 700 g/mol. The Labute approximate surface area is 292 Å². The highest BCUT2D eigenvalue weighted by Gasteiger charge is 2.54. The van der Waals surface area contributed by atoms with E-state index < -0.39 is 64.8 Å². The van der Waals surface area contributed by atoms with Crippen LogP contribution in [0, 0.1) is 5.41 Å². The van der Waals surface area contributed by atoms with E-state index in [0.29, 0.717) is 42.2 Å². The van der Waals surface area contributed by atoms with E-state index in [4.69, 9.17) is 23.8 Å². The minimum absolute atomic E-state index is 0.0242. The number of benzene rings is 1. The molecule has 0 radical (unpaired) electrons. The molecule has 2 saturated heterocycles. The van der Waals surface area contributed by atoms with Gasteiger partial charge in [0.1, 0.15) is 23.8 Å². The molecule has 1 spiro atoms. The fraction of sp³-hybridized carbons (Fsp3) is 0.629. The van der Waals surface area contributed by atoms with Gasteiger partial charge in [-0.25, -0.2) is 4.79 Å². The molecule has 15 heteroatoms. The van der Waals surface area contributed by atoms with Crippen molar-refractivity contribution in [2.45, 2.75) is 102 Å². The molecule has 0 bridgehead atoms. The Morgan fingerprint density at radius 1 is 1.06 bits per heavy atom. The molecule has 0 unspecified atom stereocenters. The molecule has 1 aliphatic carbocycles. The van der Waals surface area contributed by atoms with Crippen LogP contribution in [0.5, 0.6) is 11.5 Å². The van der Waals surface area contributed by atoms with Crippen LogP contribution < -0.4 is 30.9 Å². The number of nitrogens with zero attached hydrogens (tertiary/aromatic N) is 1. The van der Waals surface area contributed by atoms with Gasteiger partial charge in [0.2, 0.25) is 17.6 Å². The van der Waals surface area contributed by atoms with Gasteiger partial charge in [-0.1, -0.05) is 34.1 Å². The van der Waals surface area contributed by atoms with Crippen molar-refractivity contribution in [3.63, 3.8) is 0 Å². The van der Waals surface area contributed by atoms with Crippen molar-refractivity contribution in [1.29, 1.82) is 0 Å². The van der Waals surface area contributed by atoms with Gasteiger partial charge < -0.3 is 39.8 Å². The maximum absolute atomic E-state index is 14.5. The van der Waals surface area contributed by atoms with Crippen molar-refractivity contribution >= 4 is 35.3 Å². The summed E-state index contributed by atoms with van der Waals surface area (Å²) in [4.78, 5) is 75.0. The molecule has 3 fully saturated rings. The first-order chi connectivity index (χ1) is 23.8. The van der Waals surface area contributed by atoms with Crippen LogP contribution in [0.15, 0.2) is 24.3 Å². The second kappa shape index (κ2) is 15.3. The third-order valence-corrected chi connectivity index (χ3v) is 9.29. The second-order valence-corrected chi connectivity index (χ2v) is 14.4. The molecule has 3 aliphatic heterocycles. The summed E-state index contributed by atoms with van der Waals surface area (Å²) in [5, 5.41) is 8.19. The number of hydrogen-bond donors (Lipinski definition) is 4. The highest BCUT2D eigenvalue weighted by molar-refractivity contribution is 6.38. The summed E-state index contributed by atoms with van der Waals surface area (Å²) in [6.07, 6.45) is 3.57. The maximum Gasteiger partial charge on any atom is 0.408 e. The molecule has 1 aromatic rings. The number of nitrogens with one attached hydrogen (secondary N) is 4. The number of amides is 4. The summed E-state index contributed by atoms with van der Waals surface area (Å²) in [7, 11) is 3.07. The second-order valence-electron chi connectivity index (χ2n) is 14.4. The fourth-order valence-corrected chi connectivity index (χ4v) is 6.36. The van der Waals surface area contributed by atoms with Gasteiger partial charge in [0, 0.05) is 24.4 Å². The standard InChI is InChI=1S/C35H49N5O10/c1-7-8-23(28(41)31(43)36-21-10-11-21)37-30(42)25-17-35(16-24(39-50-35)20-9-12-26(46-5)27(15-20)47-6)19-40(25)32(44)29(34(2,3)4)38-33(45)49-22-13-14-48-18-22/h9,12,15-16,21-23,25,29,39H,7-8,10-11,13-14,17-19H2,1-6H3,(H,36,43)(H,37,42)(H,38,45)/t22-,23-,25-,29+,35+/m0/s1. The molecule has 5 atom stereocenters. The molecule has 3 heterocycles. The van der Waals surface area contributed by atoms with Crippen molar-refractivity contribution in [2.24, 2.45) is 5.41 Å². The first-order valence-electron chi connectivity index (χ1n) is 17.2. The Bertz CT molecular complexity index is 1500. The molecule has 4 aliphatic rings. The smallest absolute Gasteiger partial charge is 0.408 e. The third-order valence-electron chi connectivity index (χ3n) is 9.29. The van der Waals surface area contributed by atoms with Crippen LogP contribution in [0.3, 0.4) is 0 Å². The average Bonchev–Trinajstić information content (AvgIpc) is 3.43. The lowest BCUT2D eigenvalue weighted by Crippen LogP contribution is -2.59. The predicted octanol–water partition coefficient (Wildman–Crippen LogP) is 1.98. The highest BCUT2D eigenvalue weighted by atomic mass is 16.7. The zero-order valence-electron chi connectivity index (χ0n) is 29.6. The van der Waals surface area contributed by atoms with E-state index in [1.807, 2.05) is 19.1 Å². The third kappa shape index (κ3) is 8.49. The summed E-state index contributed by atoms with van der Waals surface area (Å²) in [5.41, 5.74) is 2.30. The van der Waals surface area contributed by atoms with Gasteiger partial charge in [0.15, 0.2) is 11.5 Å². The zero-order valence-corrected chi connectivity index (χ0v) is 29.6. The summed E-state index contributed by atoms with van der Waals surface area (Å²) in [6.45, 7) is 7.94. The molecule has 4 N–H and O–H groups in total. The number of ether oxygens (including phenoxy) is 4. The van der Waals surface area contributed by atoms with Crippen molar-refractivity contribution in [3.8, 4) is 11.5 Å². The lowest BCUT2D eigenvalue weighted by Gasteiger charge is -2.35. The molecule has 5 rings (SSSR count). The number of alkyl carbamates (subject to hydrolysis) is 1. The monoisotopic (exact) mass is 699 g/mol. The van der Waals surface area contributed by atoms with Gasteiger partial charge in [-0.05, 0) is 49.0 Å². The Balaban J connectivity index is 1.43. The number of hydrogen-bond acceptors (Lipinski definition) is 11. The predicted molar refractivity (Wildman–Crippen MR) is 180 cm³/mol. The van der Waals surface area contributed by atoms with Gasteiger partial charge in [0.05, 0.1) is 45.7 Å². The minimum atomic E-state index is -1.15. The molecule has 50 heavy (non-hydrogen) atoms. The van der Waals surface area contributed by atoms with E-state index >= 15 is 0 Å². The topological polar surface area (TPSA) is 183 Å². The molecular formula is C35H49N5O10. The Kier molecular flexibility index (Phi) is 11.3. The Morgan fingerprint density at radius 3 is 2.42 bits per heavy atom. The van der Waals surface area contributed by atoms with Crippen LogP contribution in [0.2, 0.25) is 0 Å². The lowest BCUT2D eigenvalue weighted by molar-refractivity contribution is -0.144. The van der Waals surface area contributed by atoms with E-state index in [2.05, 4.69) is 21.4 Å². The van der Waals surface area contributed by atoms with Crippen LogP contribution in [-0.4, -0.2) is 104 Å². The molecule has 15 nitrogen and oxygen atoms in total. The molecular weight excluding hydrogens is 650 g/mol. The quantitative estimate of drug-likeness (QED) is 0.221. The first-order valence-corrected chi connectivity index (χ1v) is 17.2. The van der Waals surface area contributed by atoms with E-state index in [0.717, 1.165) is 12.8 Å². The van der Waals surface area contributed by atoms with E-state index in [-0.39, 0.29) is 32.0 Å². The van der Waals surface area contributed by atoms with Crippen molar-refractivity contribution in [3.05, 3.63) is 29.8 Å². The first kappa shape index (κ1) is 36.9. The number of rotatable bonds is 13. The number of carbonyl (C=O) groups is 5. The summed E-state index contributed by atoms with van der Waals surface area (Å²) >= 11 is 0. The van der Waals surface area contributed by atoms with Crippen LogP contribution in [0.25, 0.3) is 5.70 Å². The van der Waals surface area contributed by atoms with Crippen molar-refractivity contribution in [2.75, 3.05) is 34.0 Å². The zero-order chi connectivity index (χ0) is 36.2. The van der Waals surface area contributed by atoms with Crippen LogP contribution in [-0.2, 0) is 33.5 Å². The van der Waals surface area contributed by atoms with Crippen LogP contribution in [0.4, 0.5) is 4.79 Å². The summed E-state index contributed by atoms with van der Waals surface area (Å²) in [6, 6.07) is 2.03. The molecule has 274 valence electrons. The Hall–Kier alpha value is -4.37. The van der Waals surface area contributed by atoms with Crippen LogP contribution >= 0.6 is 0 Å². The highest BCUT2D eigenvalue weighted by Crippen LogP contribution is 2.40. The van der Waals surface area contributed by atoms with Gasteiger partial charge in [-0.2, -0.15) is 0 Å². The number of methoxy groups -OCH3 is 2. The number of Topliss-reactive ketones (excluding diaryl/α,β-unsaturated/α-hetero) is 1. The van der Waals surface area contributed by atoms with E-state index in [9.17, 15) is 24.0 Å². The number of ketones is 1.